The highest BCUT2D eigenvalue weighted by Crippen LogP contribution is 2.63. The van der Waals surface area contributed by atoms with Crippen LogP contribution in [-0.2, 0) is 27.9 Å². The number of carbonyl (C=O) groups is 1. The summed E-state index contributed by atoms with van der Waals surface area (Å²) >= 11 is 0.911. The van der Waals surface area contributed by atoms with Gasteiger partial charge in [-0.25, -0.2) is 4.57 Å². The number of ether oxygens (including phenoxy) is 2. The highest BCUT2D eigenvalue weighted by molar-refractivity contribution is 8.55. The van der Waals surface area contributed by atoms with E-state index in [4.69, 9.17) is 18.5 Å². The summed E-state index contributed by atoms with van der Waals surface area (Å²) in [7, 11) is 0. The SMILES string of the molecule is CC(C)OP(=O)(OC(C)(C)C)SCOC(=O)C(C)(C)CCN1CCOCC1. The van der Waals surface area contributed by atoms with Crippen LogP contribution in [0.5, 0.6) is 0 Å². The summed E-state index contributed by atoms with van der Waals surface area (Å²) in [5.41, 5.74) is -1.24. The number of hydrogen-bond acceptors (Lipinski definition) is 8. The van der Waals surface area contributed by atoms with Gasteiger partial charge in [0.15, 0.2) is 0 Å². The van der Waals surface area contributed by atoms with E-state index < -0.39 is 17.8 Å². The molecule has 0 radical (unpaired) electrons. The van der Waals surface area contributed by atoms with Crippen LogP contribution in [0.4, 0.5) is 0 Å². The summed E-state index contributed by atoms with van der Waals surface area (Å²) in [5.74, 6) is -0.380. The lowest BCUT2D eigenvalue weighted by Gasteiger charge is -2.30. The van der Waals surface area contributed by atoms with Crippen molar-refractivity contribution in [2.75, 3.05) is 38.8 Å². The van der Waals surface area contributed by atoms with Crippen molar-refractivity contribution >= 4 is 24.1 Å². The van der Waals surface area contributed by atoms with Crippen LogP contribution in [0.1, 0.15) is 54.9 Å². The fourth-order valence-corrected chi connectivity index (χ4v) is 6.08. The van der Waals surface area contributed by atoms with Gasteiger partial charge >= 0.3 is 12.8 Å². The van der Waals surface area contributed by atoms with Crippen LogP contribution < -0.4 is 0 Å². The third-order valence-electron chi connectivity index (χ3n) is 3.84. The minimum Gasteiger partial charge on any atom is -0.454 e. The maximum absolute atomic E-state index is 12.9. The second kappa shape index (κ2) is 10.6. The van der Waals surface area contributed by atoms with Gasteiger partial charge in [0, 0.05) is 24.5 Å². The first-order valence-corrected chi connectivity index (χ1v) is 12.6. The van der Waals surface area contributed by atoms with E-state index in [1.807, 2.05) is 34.6 Å². The minimum atomic E-state index is -3.43. The molecule has 1 unspecified atom stereocenters. The molecular formula is C18H36NO6PS. The van der Waals surface area contributed by atoms with Crippen molar-refractivity contribution in [3.63, 3.8) is 0 Å². The van der Waals surface area contributed by atoms with E-state index >= 15 is 0 Å². The second-order valence-electron chi connectivity index (χ2n) is 8.57. The Hall–Kier alpha value is -0.110. The Bertz CT molecular complexity index is 514. The molecule has 27 heavy (non-hydrogen) atoms. The van der Waals surface area contributed by atoms with Crippen LogP contribution in [-0.4, -0.2) is 61.4 Å². The van der Waals surface area contributed by atoms with E-state index in [2.05, 4.69) is 4.90 Å². The van der Waals surface area contributed by atoms with Crippen molar-refractivity contribution in [3.8, 4) is 0 Å². The summed E-state index contributed by atoms with van der Waals surface area (Å²) in [6, 6.07) is 0. The van der Waals surface area contributed by atoms with Crippen molar-refractivity contribution in [3.05, 3.63) is 0 Å². The number of nitrogens with zero attached hydrogens (tertiary/aromatic N) is 1. The molecule has 0 bridgehead atoms. The van der Waals surface area contributed by atoms with Crippen molar-refractivity contribution in [2.45, 2.75) is 66.6 Å². The van der Waals surface area contributed by atoms with Crippen LogP contribution in [0.15, 0.2) is 0 Å². The Kier molecular flexibility index (Phi) is 9.79. The van der Waals surface area contributed by atoms with Gasteiger partial charge in [-0.3, -0.25) is 18.7 Å². The zero-order chi connectivity index (χ0) is 20.7. The van der Waals surface area contributed by atoms with Gasteiger partial charge in [0.25, 0.3) is 0 Å². The zero-order valence-electron chi connectivity index (χ0n) is 17.8. The maximum atomic E-state index is 12.9. The Balaban J connectivity index is 2.50. The molecule has 1 atom stereocenters. The summed E-state index contributed by atoms with van der Waals surface area (Å²) in [5, 5.41) is 0. The molecule has 160 valence electrons. The van der Waals surface area contributed by atoms with Gasteiger partial charge in [0.2, 0.25) is 0 Å². The van der Waals surface area contributed by atoms with E-state index in [9.17, 15) is 9.36 Å². The van der Waals surface area contributed by atoms with Crippen LogP contribution in [0.25, 0.3) is 0 Å². The number of esters is 1. The molecular weight excluding hydrogens is 389 g/mol. The number of morpholine rings is 1. The zero-order valence-corrected chi connectivity index (χ0v) is 19.5. The maximum Gasteiger partial charge on any atom is 0.393 e. The van der Waals surface area contributed by atoms with E-state index in [-0.39, 0.29) is 18.0 Å². The molecule has 0 amide bonds. The average Bonchev–Trinajstić information content (AvgIpc) is 2.51. The molecule has 9 heteroatoms. The van der Waals surface area contributed by atoms with Gasteiger partial charge in [0.05, 0.1) is 30.3 Å². The van der Waals surface area contributed by atoms with Crippen LogP contribution in [0, 0.1) is 5.41 Å². The predicted octanol–water partition coefficient (Wildman–Crippen LogP) is 4.32. The third-order valence-corrected chi connectivity index (χ3v) is 7.57. The Morgan fingerprint density at radius 1 is 1.19 bits per heavy atom. The molecule has 1 rings (SSSR count). The molecule has 0 saturated carbocycles. The Morgan fingerprint density at radius 3 is 2.30 bits per heavy atom. The normalized spacial score (nSPS) is 19.1. The third kappa shape index (κ3) is 10.3. The molecule has 1 heterocycles. The molecule has 7 nitrogen and oxygen atoms in total. The van der Waals surface area contributed by atoms with Gasteiger partial charge in [-0.05, 0) is 61.4 Å². The van der Waals surface area contributed by atoms with Gasteiger partial charge in [0.1, 0.15) is 5.94 Å². The summed E-state index contributed by atoms with van der Waals surface area (Å²) in [6.45, 7) is 13.4. The first kappa shape index (κ1) is 24.9. The van der Waals surface area contributed by atoms with E-state index in [0.717, 1.165) is 44.2 Å². The Labute approximate surface area is 168 Å². The van der Waals surface area contributed by atoms with Gasteiger partial charge in [-0.2, -0.15) is 0 Å². The fourth-order valence-electron chi connectivity index (χ4n) is 2.38. The lowest BCUT2D eigenvalue weighted by atomic mass is 9.89. The molecule has 1 fully saturated rings. The molecule has 0 aromatic rings. The topological polar surface area (TPSA) is 74.3 Å². The largest absolute Gasteiger partial charge is 0.454 e. The molecule has 0 spiro atoms. The van der Waals surface area contributed by atoms with Gasteiger partial charge in [-0.1, -0.05) is 0 Å². The van der Waals surface area contributed by atoms with Crippen LogP contribution in [0.2, 0.25) is 0 Å². The summed E-state index contributed by atoms with van der Waals surface area (Å²) < 4.78 is 34.7. The first-order valence-electron chi connectivity index (χ1n) is 9.44. The molecule has 0 aliphatic carbocycles. The number of hydrogen-bond donors (Lipinski definition) is 0. The lowest BCUT2D eigenvalue weighted by molar-refractivity contribution is -0.152. The quantitative estimate of drug-likeness (QED) is 0.291. The summed E-state index contributed by atoms with van der Waals surface area (Å²) in [4.78, 5) is 14.8. The van der Waals surface area contributed by atoms with Crippen molar-refractivity contribution < 1.29 is 27.9 Å². The molecule has 0 aromatic heterocycles. The average molecular weight is 426 g/mol. The van der Waals surface area contributed by atoms with Crippen molar-refractivity contribution in [2.24, 2.45) is 5.41 Å². The molecule has 1 saturated heterocycles. The van der Waals surface area contributed by atoms with E-state index in [0.29, 0.717) is 6.42 Å². The monoisotopic (exact) mass is 425 g/mol. The van der Waals surface area contributed by atoms with E-state index in [1.165, 1.54) is 0 Å². The smallest absolute Gasteiger partial charge is 0.393 e. The molecule has 0 N–H and O–H groups in total. The van der Waals surface area contributed by atoms with Crippen molar-refractivity contribution in [1.82, 2.24) is 4.90 Å². The second-order valence-corrected chi connectivity index (χ2v) is 12.5. The van der Waals surface area contributed by atoms with E-state index in [1.54, 1.807) is 13.8 Å². The minimum absolute atomic E-state index is 0.0695. The highest BCUT2D eigenvalue weighted by Gasteiger charge is 2.35. The fraction of sp³-hybridized carbons (Fsp3) is 0.944. The number of carbonyl (C=O) groups excluding carboxylic acids is 1. The lowest BCUT2D eigenvalue weighted by Crippen LogP contribution is -2.39. The molecule has 0 aromatic carbocycles. The van der Waals surface area contributed by atoms with Crippen molar-refractivity contribution in [1.29, 1.82) is 0 Å². The molecule has 1 aliphatic rings. The molecule has 1 aliphatic heterocycles. The standard InChI is InChI=1S/C18H36NO6PS/c1-15(2)24-26(21,25-17(3,4)5)27-14-23-16(20)18(6,7)8-9-19-10-12-22-13-11-19/h15H,8-14H2,1-7H3. The highest BCUT2D eigenvalue weighted by atomic mass is 32.7. The Morgan fingerprint density at radius 2 is 1.78 bits per heavy atom. The van der Waals surface area contributed by atoms with Gasteiger partial charge < -0.3 is 9.47 Å². The van der Waals surface area contributed by atoms with Crippen LogP contribution in [0.3, 0.4) is 0 Å². The number of rotatable bonds is 10. The first-order chi connectivity index (χ1) is 12.3. The van der Waals surface area contributed by atoms with Gasteiger partial charge in [-0.15, -0.1) is 0 Å². The predicted molar refractivity (Wildman–Crippen MR) is 109 cm³/mol. The summed E-state index contributed by atoms with van der Waals surface area (Å²) in [6.07, 6.45) is 0.432. The van der Waals surface area contributed by atoms with Crippen LogP contribution >= 0.6 is 18.2 Å².